The summed E-state index contributed by atoms with van der Waals surface area (Å²) < 4.78 is 6.01. The summed E-state index contributed by atoms with van der Waals surface area (Å²) in [6, 6.07) is 6.44. The van der Waals surface area contributed by atoms with Crippen LogP contribution in [-0.2, 0) is 11.2 Å². The van der Waals surface area contributed by atoms with Gasteiger partial charge in [-0.05, 0) is 50.3 Å². The van der Waals surface area contributed by atoms with Crippen LogP contribution in [0.25, 0.3) is 0 Å². The van der Waals surface area contributed by atoms with E-state index in [4.69, 9.17) is 4.74 Å². The summed E-state index contributed by atoms with van der Waals surface area (Å²) >= 11 is 0. The van der Waals surface area contributed by atoms with E-state index in [-0.39, 0.29) is 5.60 Å². The number of methoxy groups -OCH3 is 1. The molecule has 1 fully saturated rings. The van der Waals surface area contributed by atoms with E-state index in [1.165, 1.54) is 12.8 Å². The fourth-order valence-corrected chi connectivity index (χ4v) is 3.32. The molecule has 3 heteroatoms. The largest absolute Gasteiger partial charge is 0.377 e. The maximum atomic E-state index is 6.01. The summed E-state index contributed by atoms with van der Waals surface area (Å²) in [4.78, 5) is 4.46. The van der Waals surface area contributed by atoms with Crippen LogP contribution in [0.1, 0.15) is 45.2 Å². The molecule has 1 N–H and O–H groups in total. The van der Waals surface area contributed by atoms with Crippen LogP contribution in [0.5, 0.6) is 0 Å². The second kappa shape index (κ2) is 6.23. The Kier molecular flexibility index (Phi) is 4.82. The van der Waals surface area contributed by atoms with E-state index in [9.17, 15) is 0 Å². The number of hydrogen-bond donors (Lipinski definition) is 1. The number of aromatic nitrogens is 1. The van der Waals surface area contributed by atoms with Crippen LogP contribution < -0.4 is 5.32 Å². The van der Waals surface area contributed by atoms with Crippen LogP contribution in [0.3, 0.4) is 0 Å². The van der Waals surface area contributed by atoms with E-state index in [0.717, 1.165) is 25.0 Å². The third kappa shape index (κ3) is 3.39. The van der Waals surface area contributed by atoms with E-state index < -0.39 is 0 Å². The van der Waals surface area contributed by atoms with Crippen molar-refractivity contribution in [2.45, 2.75) is 57.6 Å². The second-order valence-electron chi connectivity index (χ2n) is 6.80. The summed E-state index contributed by atoms with van der Waals surface area (Å²) in [5.41, 5.74) is 1.53. The van der Waals surface area contributed by atoms with E-state index in [1.807, 2.05) is 26.4 Å². The number of nitrogens with one attached hydrogen (secondary N) is 1. The SMILES string of the molecule is CNC(Cc1ccccn1)C1(OC)CCC(C)(C)CC1. The highest BCUT2D eigenvalue weighted by Crippen LogP contribution is 2.43. The smallest absolute Gasteiger partial charge is 0.0835 e. The molecular formula is C17H28N2O. The first-order valence-corrected chi connectivity index (χ1v) is 7.64. The zero-order valence-corrected chi connectivity index (χ0v) is 13.3. The maximum absolute atomic E-state index is 6.01. The number of likely N-dealkylation sites (N-methyl/N-ethyl adjacent to an activating group) is 1. The molecule has 112 valence electrons. The first kappa shape index (κ1) is 15.5. The van der Waals surface area contributed by atoms with Crippen LogP contribution in [0.2, 0.25) is 0 Å². The van der Waals surface area contributed by atoms with E-state index in [1.54, 1.807) is 0 Å². The average molecular weight is 276 g/mol. The molecule has 1 aliphatic carbocycles. The minimum absolute atomic E-state index is 0.0538. The van der Waals surface area contributed by atoms with Gasteiger partial charge in [-0.3, -0.25) is 4.98 Å². The minimum Gasteiger partial charge on any atom is -0.377 e. The fraction of sp³-hybridized carbons (Fsp3) is 0.706. The van der Waals surface area contributed by atoms with Crippen molar-refractivity contribution >= 4 is 0 Å². The molecule has 1 aromatic heterocycles. The molecule has 0 spiro atoms. The highest BCUT2D eigenvalue weighted by Gasteiger charge is 2.43. The van der Waals surface area contributed by atoms with Gasteiger partial charge in [0.15, 0.2) is 0 Å². The highest BCUT2D eigenvalue weighted by atomic mass is 16.5. The predicted octanol–water partition coefficient (Wildman–Crippen LogP) is 3.20. The van der Waals surface area contributed by atoms with Gasteiger partial charge in [-0.25, -0.2) is 0 Å². The first-order valence-electron chi connectivity index (χ1n) is 7.64. The topological polar surface area (TPSA) is 34.2 Å². The minimum atomic E-state index is -0.0538. The van der Waals surface area contributed by atoms with Gasteiger partial charge in [0.2, 0.25) is 0 Å². The van der Waals surface area contributed by atoms with Gasteiger partial charge in [0.25, 0.3) is 0 Å². The Labute approximate surface area is 123 Å². The van der Waals surface area contributed by atoms with Gasteiger partial charge in [-0.2, -0.15) is 0 Å². The molecule has 1 aliphatic rings. The third-order valence-electron chi connectivity index (χ3n) is 4.98. The Morgan fingerprint density at radius 1 is 1.25 bits per heavy atom. The quantitative estimate of drug-likeness (QED) is 0.897. The molecule has 0 aromatic carbocycles. The lowest BCUT2D eigenvalue weighted by Gasteiger charge is -2.47. The van der Waals surface area contributed by atoms with Crippen LogP contribution in [0.15, 0.2) is 24.4 Å². The van der Waals surface area contributed by atoms with Gasteiger partial charge in [0.05, 0.1) is 5.60 Å². The molecule has 2 rings (SSSR count). The molecular weight excluding hydrogens is 248 g/mol. The number of hydrogen-bond acceptors (Lipinski definition) is 3. The van der Waals surface area contributed by atoms with Gasteiger partial charge < -0.3 is 10.1 Å². The van der Waals surface area contributed by atoms with Crippen LogP contribution in [0.4, 0.5) is 0 Å². The summed E-state index contributed by atoms with van der Waals surface area (Å²) in [6.07, 6.45) is 7.48. The third-order valence-corrected chi connectivity index (χ3v) is 4.98. The number of pyridine rings is 1. The van der Waals surface area contributed by atoms with Gasteiger partial charge >= 0.3 is 0 Å². The van der Waals surface area contributed by atoms with Crippen LogP contribution >= 0.6 is 0 Å². The molecule has 3 nitrogen and oxygen atoms in total. The number of ether oxygens (including phenoxy) is 1. The van der Waals surface area contributed by atoms with Crippen molar-refractivity contribution in [3.8, 4) is 0 Å². The Morgan fingerprint density at radius 3 is 2.45 bits per heavy atom. The van der Waals surface area contributed by atoms with Gasteiger partial charge in [0.1, 0.15) is 0 Å². The van der Waals surface area contributed by atoms with Crippen LogP contribution in [-0.4, -0.2) is 30.8 Å². The van der Waals surface area contributed by atoms with E-state index in [0.29, 0.717) is 11.5 Å². The molecule has 1 saturated carbocycles. The number of rotatable bonds is 5. The Morgan fingerprint density at radius 2 is 1.95 bits per heavy atom. The van der Waals surface area contributed by atoms with Crippen molar-refractivity contribution in [1.29, 1.82) is 0 Å². The summed E-state index contributed by atoms with van der Waals surface area (Å²) in [7, 11) is 3.90. The molecule has 1 aromatic rings. The van der Waals surface area contributed by atoms with Crippen molar-refractivity contribution < 1.29 is 4.74 Å². The molecule has 0 radical (unpaired) electrons. The van der Waals surface area contributed by atoms with Crippen molar-refractivity contribution in [2.24, 2.45) is 5.41 Å². The molecule has 1 atom stereocenters. The van der Waals surface area contributed by atoms with Crippen molar-refractivity contribution in [2.75, 3.05) is 14.2 Å². The highest BCUT2D eigenvalue weighted by molar-refractivity contribution is 5.09. The Hall–Kier alpha value is -0.930. The van der Waals surface area contributed by atoms with Gasteiger partial charge in [-0.15, -0.1) is 0 Å². The molecule has 0 amide bonds. The fourth-order valence-electron chi connectivity index (χ4n) is 3.32. The molecule has 20 heavy (non-hydrogen) atoms. The lowest BCUT2D eigenvalue weighted by molar-refractivity contribution is -0.0849. The average Bonchev–Trinajstić information content (AvgIpc) is 2.47. The molecule has 0 aliphatic heterocycles. The van der Waals surface area contributed by atoms with Crippen LogP contribution in [0, 0.1) is 5.41 Å². The van der Waals surface area contributed by atoms with E-state index >= 15 is 0 Å². The second-order valence-corrected chi connectivity index (χ2v) is 6.80. The lowest BCUT2D eigenvalue weighted by atomic mass is 9.68. The Bertz CT molecular complexity index is 406. The Balaban J connectivity index is 2.12. The molecule has 0 bridgehead atoms. The first-order chi connectivity index (χ1) is 9.51. The monoisotopic (exact) mass is 276 g/mol. The predicted molar refractivity (Wildman–Crippen MR) is 82.8 cm³/mol. The lowest BCUT2D eigenvalue weighted by Crippen LogP contribution is -2.54. The van der Waals surface area contributed by atoms with Crippen molar-refractivity contribution in [3.05, 3.63) is 30.1 Å². The molecule has 0 saturated heterocycles. The standard InChI is InChI=1S/C17H28N2O/c1-16(2)8-10-17(20-4,11-9-16)15(18-3)13-14-7-5-6-12-19-14/h5-7,12,15,18H,8-11,13H2,1-4H3. The summed E-state index contributed by atoms with van der Waals surface area (Å²) in [5, 5.41) is 3.47. The summed E-state index contributed by atoms with van der Waals surface area (Å²) in [5.74, 6) is 0. The van der Waals surface area contributed by atoms with E-state index in [2.05, 4.69) is 36.3 Å². The zero-order chi connectivity index (χ0) is 14.6. The zero-order valence-electron chi connectivity index (χ0n) is 13.3. The van der Waals surface area contributed by atoms with Gasteiger partial charge in [0, 0.05) is 31.5 Å². The maximum Gasteiger partial charge on any atom is 0.0835 e. The van der Waals surface area contributed by atoms with Crippen molar-refractivity contribution in [1.82, 2.24) is 10.3 Å². The number of nitrogens with zero attached hydrogens (tertiary/aromatic N) is 1. The molecule has 1 unspecified atom stereocenters. The normalized spacial score (nSPS) is 22.4. The van der Waals surface area contributed by atoms with Crippen molar-refractivity contribution in [3.63, 3.8) is 0 Å². The van der Waals surface area contributed by atoms with Gasteiger partial charge in [-0.1, -0.05) is 19.9 Å². The summed E-state index contributed by atoms with van der Waals surface area (Å²) in [6.45, 7) is 4.72. The molecule has 1 heterocycles.